The maximum absolute atomic E-state index is 7.35. The van der Waals surface area contributed by atoms with E-state index in [4.69, 9.17) is 10.7 Å². The second kappa shape index (κ2) is 12.5. The molecule has 5 nitrogen and oxygen atoms in total. The smallest absolute Gasteiger partial charge is 0.115 e. The molecule has 2 aromatic heterocycles. The first-order valence-electron chi connectivity index (χ1n) is 19.0. The fourth-order valence-electron chi connectivity index (χ4n) is 8.91. The van der Waals surface area contributed by atoms with Crippen molar-refractivity contribution < 1.29 is 0 Å². The lowest BCUT2D eigenvalue weighted by atomic mass is 9.98. The van der Waals surface area contributed by atoms with Crippen LogP contribution in [0.15, 0.2) is 198 Å². The van der Waals surface area contributed by atoms with E-state index in [-0.39, 0.29) is 0 Å². The minimum absolute atomic E-state index is 0.402. The molecule has 0 spiro atoms. The highest BCUT2D eigenvalue weighted by molar-refractivity contribution is 6.26. The number of hydrogen-bond acceptors (Lipinski definition) is 3. The standard InChI is InChI=1S/C50H37N5/c51-46(33-16-4-1-5-17-33)50-47(42-30-34-18-10-11-19-35(34)31-45(42)55(50)37-22-8-3-9-23-37)52-32-53-43-26-14-12-24-38(43)40-28-29-41-39-25-13-15-27-44(39)54(49(41)48(40)53)36-20-6-2-7-21-36/h1-4,6-16,18-31H,5,17,32,51H2/b50-46+,52-47-. The first-order valence-corrected chi connectivity index (χ1v) is 19.0. The molecule has 1 aliphatic carbocycles. The van der Waals surface area contributed by atoms with Crippen LogP contribution in [0.25, 0.3) is 60.1 Å². The number of hydrogen-bond donors (Lipinski definition) is 1. The average Bonchev–Trinajstić information content (AvgIpc) is 3.88. The van der Waals surface area contributed by atoms with Gasteiger partial charge in [-0.05, 0) is 77.7 Å². The summed E-state index contributed by atoms with van der Waals surface area (Å²) in [7, 11) is 0. The van der Waals surface area contributed by atoms with Crippen molar-refractivity contribution in [3.63, 3.8) is 0 Å². The van der Waals surface area contributed by atoms with Gasteiger partial charge in [0.25, 0.3) is 0 Å². The van der Waals surface area contributed by atoms with E-state index in [0.717, 1.165) is 63.7 Å². The van der Waals surface area contributed by atoms with Gasteiger partial charge in [-0.1, -0.05) is 127 Å². The lowest BCUT2D eigenvalue weighted by Crippen LogP contribution is -2.22. The normalized spacial score (nSPS) is 15.9. The lowest BCUT2D eigenvalue weighted by Gasteiger charge is -2.24. The summed E-state index contributed by atoms with van der Waals surface area (Å²) in [6.07, 6.45) is 8.34. The van der Waals surface area contributed by atoms with Crippen LogP contribution in [0.4, 0.5) is 11.4 Å². The summed E-state index contributed by atoms with van der Waals surface area (Å²) in [5.41, 5.74) is 20.1. The molecule has 55 heavy (non-hydrogen) atoms. The number of para-hydroxylation sites is 4. The van der Waals surface area contributed by atoms with Crippen molar-refractivity contribution >= 4 is 71.5 Å². The molecule has 2 aliphatic rings. The van der Waals surface area contributed by atoms with Crippen molar-refractivity contribution in [2.45, 2.75) is 19.5 Å². The van der Waals surface area contributed by atoms with Crippen molar-refractivity contribution in [1.82, 2.24) is 9.13 Å². The molecule has 0 unspecified atom stereocenters. The minimum atomic E-state index is 0.402. The van der Waals surface area contributed by atoms with Crippen LogP contribution in [0.2, 0.25) is 0 Å². The Bertz CT molecular complexity index is 3120. The summed E-state index contributed by atoms with van der Waals surface area (Å²) in [5, 5.41) is 7.23. The van der Waals surface area contributed by atoms with Crippen LogP contribution in [-0.4, -0.2) is 14.8 Å². The van der Waals surface area contributed by atoms with Crippen LogP contribution >= 0.6 is 0 Å². The molecule has 2 N–H and O–H groups in total. The maximum atomic E-state index is 7.35. The van der Waals surface area contributed by atoms with Gasteiger partial charge < -0.3 is 19.8 Å². The minimum Gasteiger partial charge on any atom is -0.397 e. The summed E-state index contributed by atoms with van der Waals surface area (Å²) in [4.78, 5) is 8.02. The largest absolute Gasteiger partial charge is 0.397 e. The van der Waals surface area contributed by atoms with Crippen LogP contribution < -0.4 is 10.6 Å². The summed E-state index contributed by atoms with van der Waals surface area (Å²) < 4.78 is 4.84. The second-order valence-electron chi connectivity index (χ2n) is 14.4. The fourth-order valence-corrected chi connectivity index (χ4v) is 8.91. The Labute approximate surface area is 318 Å². The van der Waals surface area contributed by atoms with Crippen LogP contribution in [-0.2, 0) is 6.67 Å². The Morgan fingerprint density at radius 2 is 1.22 bits per heavy atom. The van der Waals surface area contributed by atoms with Gasteiger partial charge in [-0.25, -0.2) is 0 Å². The van der Waals surface area contributed by atoms with Gasteiger partial charge in [0.15, 0.2) is 0 Å². The average molecular weight is 708 g/mol. The first kappa shape index (κ1) is 31.4. The van der Waals surface area contributed by atoms with Crippen molar-refractivity contribution in [2.24, 2.45) is 10.7 Å². The topological polar surface area (TPSA) is 51.5 Å². The van der Waals surface area contributed by atoms with Crippen molar-refractivity contribution in [1.29, 1.82) is 0 Å². The van der Waals surface area contributed by atoms with E-state index in [0.29, 0.717) is 6.67 Å². The summed E-state index contributed by atoms with van der Waals surface area (Å²) in [6, 6.07) is 56.5. The Balaban J connectivity index is 1.22. The zero-order chi connectivity index (χ0) is 36.5. The van der Waals surface area contributed by atoms with E-state index >= 15 is 0 Å². The molecule has 7 aromatic carbocycles. The Morgan fingerprint density at radius 1 is 0.600 bits per heavy atom. The SMILES string of the molecule is N/C(C1=CC=CCC1)=C1\C(=N/Cn2c3ccccc3c3ccc4c5ccccc5n(-c5ccccc5)c4c32)c2cc3ccccc3cc2N1c1ccccc1. The van der Waals surface area contributed by atoms with Gasteiger partial charge in [-0.3, -0.25) is 4.99 Å². The number of nitrogens with zero attached hydrogens (tertiary/aromatic N) is 4. The second-order valence-corrected chi connectivity index (χ2v) is 14.4. The number of benzene rings is 7. The van der Waals surface area contributed by atoms with Crippen molar-refractivity contribution in [3.8, 4) is 5.69 Å². The monoisotopic (exact) mass is 707 g/mol. The lowest BCUT2D eigenvalue weighted by molar-refractivity contribution is 0.793. The maximum Gasteiger partial charge on any atom is 0.115 e. The van der Waals surface area contributed by atoms with Gasteiger partial charge in [0.2, 0.25) is 0 Å². The molecule has 1 aliphatic heterocycles. The highest BCUT2D eigenvalue weighted by Crippen LogP contribution is 2.45. The molecule has 0 saturated heterocycles. The molecule has 0 radical (unpaired) electrons. The number of rotatable bonds is 5. The van der Waals surface area contributed by atoms with Gasteiger partial charge in [0.05, 0.1) is 44.9 Å². The quantitative estimate of drug-likeness (QED) is 0.194. The van der Waals surface area contributed by atoms with Crippen LogP contribution in [0, 0.1) is 0 Å². The van der Waals surface area contributed by atoms with Crippen molar-refractivity contribution in [3.05, 3.63) is 198 Å². The van der Waals surface area contributed by atoms with E-state index in [2.05, 4.69) is 190 Å². The van der Waals surface area contributed by atoms with Crippen LogP contribution in [0.1, 0.15) is 18.4 Å². The molecule has 9 aromatic rings. The van der Waals surface area contributed by atoms with Gasteiger partial charge >= 0.3 is 0 Å². The summed E-state index contributed by atoms with van der Waals surface area (Å²) in [5.74, 6) is 0. The Hall–Kier alpha value is -7.11. The molecule has 0 amide bonds. The highest BCUT2D eigenvalue weighted by atomic mass is 15.2. The third-order valence-electron chi connectivity index (χ3n) is 11.4. The predicted molar refractivity (Wildman–Crippen MR) is 231 cm³/mol. The van der Waals surface area contributed by atoms with Crippen molar-refractivity contribution in [2.75, 3.05) is 4.90 Å². The van der Waals surface area contributed by atoms with Crippen LogP contribution in [0.3, 0.4) is 0 Å². The van der Waals surface area contributed by atoms with E-state index < -0.39 is 0 Å². The molecule has 0 bridgehead atoms. The number of fused-ring (bicyclic) bond motifs is 9. The van der Waals surface area contributed by atoms with Gasteiger partial charge in [0.1, 0.15) is 6.67 Å². The van der Waals surface area contributed by atoms with E-state index in [1.165, 1.54) is 48.9 Å². The molecule has 0 fully saturated rings. The zero-order valence-corrected chi connectivity index (χ0v) is 30.2. The molecular weight excluding hydrogens is 671 g/mol. The van der Waals surface area contributed by atoms with Crippen LogP contribution in [0.5, 0.6) is 0 Å². The van der Waals surface area contributed by atoms with Gasteiger partial charge in [-0.2, -0.15) is 0 Å². The first-order chi connectivity index (χ1) is 27.2. The van der Waals surface area contributed by atoms with E-state index in [1.54, 1.807) is 0 Å². The molecular formula is C50H37N5. The molecule has 0 atom stereocenters. The van der Waals surface area contributed by atoms with Gasteiger partial charge in [-0.15, -0.1) is 0 Å². The third-order valence-corrected chi connectivity index (χ3v) is 11.4. The van der Waals surface area contributed by atoms with E-state index in [1.807, 2.05) is 0 Å². The molecule has 11 rings (SSSR count). The zero-order valence-electron chi connectivity index (χ0n) is 30.2. The number of aliphatic imine (C=N–C) groups is 1. The summed E-state index contributed by atoms with van der Waals surface area (Å²) in [6.45, 7) is 0.402. The number of anilines is 2. The third kappa shape index (κ3) is 4.83. The predicted octanol–water partition coefficient (Wildman–Crippen LogP) is 12.1. The highest BCUT2D eigenvalue weighted by Gasteiger charge is 2.35. The van der Waals surface area contributed by atoms with Gasteiger partial charge in [0, 0.05) is 38.5 Å². The molecule has 0 saturated carbocycles. The fraction of sp³-hybridized carbons (Fsp3) is 0.0600. The number of nitrogens with two attached hydrogens (primary N) is 1. The number of allylic oxidation sites excluding steroid dienone is 5. The molecule has 3 heterocycles. The summed E-state index contributed by atoms with van der Waals surface area (Å²) >= 11 is 0. The Kier molecular flexibility index (Phi) is 7.14. The molecule has 5 heteroatoms. The number of aromatic nitrogens is 2. The van der Waals surface area contributed by atoms with E-state index in [9.17, 15) is 0 Å². The molecule has 262 valence electrons. The Morgan fingerprint density at radius 3 is 1.95 bits per heavy atom.